The van der Waals surface area contributed by atoms with Gasteiger partial charge < -0.3 is 9.32 Å². The highest BCUT2D eigenvalue weighted by Gasteiger charge is 2.29. The van der Waals surface area contributed by atoms with E-state index < -0.39 is 0 Å². The van der Waals surface area contributed by atoms with Gasteiger partial charge in [-0.05, 0) is 66.9 Å². The lowest BCUT2D eigenvalue weighted by Gasteiger charge is -2.31. The molecule has 4 heterocycles. The number of nitrogens with one attached hydrogen (secondary N) is 1. The van der Waals surface area contributed by atoms with Crippen LogP contribution >= 0.6 is 0 Å². The number of likely N-dealkylation sites (tertiary alicyclic amines) is 1. The summed E-state index contributed by atoms with van der Waals surface area (Å²) in [6.45, 7) is 1.29. The van der Waals surface area contributed by atoms with Crippen LogP contribution in [0.4, 0.5) is 4.39 Å². The van der Waals surface area contributed by atoms with Crippen LogP contribution in [-0.2, 0) is 0 Å². The molecule has 3 aromatic heterocycles. The van der Waals surface area contributed by atoms with Crippen molar-refractivity contribution in [1.82, 2.24) is 20.1 Å². The number of aromatic amines is 1. The normalized spacial score (nSPS) is 14.7. The van der Waals surface area contributed by atoms with Crippen molar-refractivity contribution in [3.63, 3.8) is 0 Å². The average molecular weight is 416 g/mol. The van der Waals surface area contributed by atoms with Gasteiger partial charge in [-0.1, -0.05) is 0 Å². The number of carbonyl (C=O) groups excluding carboxylic acids is 1. The van der Waals surface area contributed by atoms with Crippen molar-refractivity contribution in [1.29, 1.82) is 0 Å². The molecule has 0 bridgehead atoms. The molecule has 4 aromatic rings. The molecule has 1 aliphatic rings. The molecule has 31 heavy (non-hydrogen) atoms. The van der Waals surface area contributed by atoms with Crippen LogP contribution in [-0.4, -0.2) is 39.1 Å². The van der Waals surface area contributed by atoms with Crippen molar-refractivity contribution in [2.24, 2.45) is 0 Å². The summed E-state index contributed by atoms with van der Waals surface area (Å²) < 4.78 is 18.7. The highest BCUT2D eigenvalue weighted by atomic mass is 19.1. The van der Waals surface area contributed by atoms with E-state index in [-0.39, 0.29) is 17.6 Å². The number of hydrogen-bond donors (Lipinski definition) is 1. The van der Waals surface area contributed by atoms with Crippen LogP contribution in [0.1, 0.15) is 35.0 Å². The van der Waals surface area contributed by atoms with E-state index in [1.165, 1.54) is 18.4 Å². The van der Waals surface area contributed by atoms with E-state index in [0.29, 0.717) is 18.8 Å². The van der Waals surface area contributed by atoms with Gasteiger partial charge in [-0.25, -0.2) is 4.39 Å². The molecule has 7 heteroatoms. The predicted molar refractivity (Wildman–Crippen MR) is 114 cm³/mol. The summed E-state index contributed by atoms with van der Waals surface area (Å²) in [4.78, 5) is 18.5. The Balaban J connectivity index is 1.45. The molecule has 6 nitrogen and oxygen atoms in total. The van der Waals surface area contributed by atoms with Gasteiger partial charge in [0.05, 0.1) is 6.26 Å². The third-order valence-electron chi connectivity index (χ3n) is 5.80. The van der Waals surface area contributed by atoms with E-state index in [9.17, 15) is 9.18 Å². The molecule has 0 atom stereocenters. The number of rotatable bonds is 4. The molecule has 0 saturated carbocycles. The third-order valence-corrected chi connectivity index (χ3v) is 5.80. The first-order valence-corrected chi connectivity index (χ1v) is 10.3. The molecule has 1 saturated heterocycles. The topological polar surface area (TPSA) is 75.0 Å². The van der Waals surface area contributed by atoms with Crippen LogP contribution in [0.5, 0.6) is 0 Å². The number of hydrogen-bond acceptors (Lipinski definition) is 4. The fraction of sp³-hybridized carbons (Fsp3) is 0.208. The molecule has 1 fully saturated rings. The summed E-state index contributed by atoms with van der Waals surface area (Å²) in [5, 5.41) is 7.84. The number of H-pyrrole nitrogens is 1. The van der Waals surface area contributed by atoms with Gasteiger partial charge in [0.15, 0.2) is 5.76 Å². The highest BCUT2D eigenvalue weighted by Crippen LogP contribution is 2.39. The number of nitrogens with zero attached hydrogens (tertiary/aromatic N) is 3. The summed E-state index contributed by atoms with van der Waals surface area (Å²) in [5.41, 5.74) is 4.68. The van der Waals surface area contributed by atoms with Gasteiger partial charge in [0.2, 0.25) is 0 Å². The Kier molecular flexibility index (Phi) is 5.08. The van der Waals surface area contributed by atoms with E-state index in [0.717, 1.165) is 40.9 Å². The second kappa shape index (κ2) is 8.18. The van der Waals surface area contributed by atoms with Crippen LogP contribution in [0.15, 0.2) is 71.6 Å². The van der Waals surface area contributed by atoms with Crippen LogP contribution in [0, 0.1) is 5.82 Å². The third kappa shape index (κ3) is 3.74. The zero-order valence-corrected chi connectivity index (χ0v) is 16.8. The number of halogens is 1. The average Bonchev–Trinajstić information content (AvgIpc) is 3.50. The minimum Gasteiger partial charge on any atom is -0.459 e. The van der Waals surface area contributed by atoms with E-state index >= 15 is 0 Å². The Morgan fingerprint density at radius 3 is 2.45 bits per heavy atom. The fourth-order valence-corrected chi connectivity index (χ4v) is 4.21. The summed E-state index contributed by atoms with van der Waals surface area (Å²) in [5.74, 6) is 0.245. The van der Waals surface area contributed by atoms with E-state index in [1.807, 2.05) is 17.0 Å². The molecule has 1 aliphatic heterocycles. The maximum Gasteiger partial charge on any atom is 0.289 e. The quantitative estimate of drug-likeness (QED) is 0.514. The number of benzene rings is 1. The number of pyridine rings is 1. The largest absolute Gasteiger partial charge is 0.459 e. The van der Waals surface area contributed by atoms with Crippen LogP contribution in [0.3, 0.4) is 0 Å². The molecule has 0 unspecified atom stereocenters. The molecule has 1 amide bonds. The zero-order valence-electron chi connectivity index (χ0n) is 16.8. The Hall–Kier alpha value is -3.74. The van der Waals surface area contributed by atoms with Crippen molar-refractivity contribution in [3.8, 4) is 22.4 Å². The van der Waals surface area contributed by atoms with Gasteiger partial charge in [-0.2, -0.15) is 5.10 Å². The zero-order chi connectivity index (χ0) is 21.2. The standard InChI is InChI=1S/C24H21FN4O2/c25-19-5-3-17(4-6-19)22-21(16-7-11-26-12-8-16)23(28-27-22)18-9-13-29(14-10-18)24(30)20-2-1-15-31-20/h1-8,11-12,15,18H,9-10,13-14H2,(H,27,28). The maximum absolute atomic E-state index is 13.5. The minimum atomic E-state index is -0.279. The van der Waals surface area contributed by atoms with Gasteiger partial charge in [-0.15, -0.1) is 0 Å². The summed E-state index contributed by atoms with van der Waals surface area (Å²) in [6, 6.07) is 13.7. The molecule has 156 valence electrons. The summed E-state index contributed by atoms with van der Waals surface area (Å²) in [6.07, 6.45) is 6.66. The number of carbonyl (C=O) groups is 1. The first-order chi connectivity index (χ1) is 15.2. The molecular weight excluding hydrogens is 395 g/mol. The summed E-state index contributed by atoms with van der Waals surface area (Å²) in [7, 11) is 0. The van der Waals surface area contributed by atoms with Gasteiger partial charge in [0.1, 0.15) is 11.5 Å². The summed E-state index contributed by atoms with van der Waals surface area (Å²) >= 11 is 0. The number of aromatic nitrogens is 3. The number of amides is 1. The van der Waals surface area contributed by atoms with Crippen molar-refractivity contribution in [2.75, 3.05) is 13.1 Å². The molecular formula is C24H21FN4O2. The van der Waals surface area contributed by atoms with Gasteiger partial charge in [0, 0.05) is 48.2 Å². The van der Waals surface area contributed by atoms with E-state index in [4.69, 9.17) is 4.42 Å². The van der Waals surface area contributed by atoms with Gasteiger partial charge in [0.25, 0.3) is 5.91 Å². The molecule has 1 N–H and O–H groups in total. The number of piperidine rings is 1. The lowest BCUT2D eigenvalue weighted by atomic mass is 9.87. The first-order valence-electron chi connectivity index (χ1n) is 10.3. The van der Waals surface area contributed by atoms with Crippen LogP contribution in [0.25, 0.3) is 22.4 Å². The van der Waals surface area contributed by atoms with E-state index in [2.05, 4.69) is 15.2 Å². The molecule has 0 radical (unpaired) electrons. The van der Waals surface area contributed by atoms with E-state index in [1.54, 1.807) is 36.7 Å². The fourth-order valence-electron chi connectivity index (χ4n) is 4.21. The molecule has 0 spiro atoms. The monoisotopic (exact) mass is 416 g/mol. The predicted octanol–water partition coefficient (Wildman–Crippen LogP) is 4.89. The Morgan fingerprint density at radius 2 is 1.77 bits per heavy atom. The van der Waals surface area contributed by atoms with Crippen LogP contribution in [0.2, 0.25) is 0 Å². The van der Waals surface area contributed by atoms with Crippen molar-refractivity contribution in [2.45, 2.75) is 18.8 Å². The highest BCUT2D eigenvalue weighted by molar-refractivity contribution is 5.91. The molecule has 5 rings (SSSR count). The Labute approximate surface area is 178 Å². The Bertz CT molecular complexity index is 1160. The minimum absolute atomic E-state index is 0.0746. The number of furan rings is 1. The van der Waals surface area contributed by atoms with Crippen molar-refractivity contribution < 1.29 is 13.6 Å². The van der Waals surface area contributed by atoms with Gasteiger partial charge >= 0.3 is 0 Å². The second-order valence-corrected chi connectivity index (χ2v) is 7.65. The first kappa shape index (κ1) is 19.2. The second-order valence-electron chi connectivity index (χ2n) is 7.65. The van der Waals surface area contributed by atoms with Crippen LogP contribution < -0.4 is 0 Å². The van der Waals surface area contributed by atoms with Gasteiger partial charge in [-0.3, -0.25) is 14.9 Å². The lowest BCUT2D eigenvalue weighted by Crippen LogP contribution is -2.37. The van der Waals surface area contributed by atoms with Crippen molar-refractivity contribution in [3.05, 3.63) is 84.5 Å². The SMILES string of the molecule is O=C(c1ccco1)N1CCC(c2[nH]nc(-c3ccc(F)cc3)c2-c2ccncc2)CC1. The lowest BCUT2D eigenvalue weighted by molar-refractivity contribution is 0.0680. The maximum atomic E-state index is 13.5. The molecule has 0 aliphatic carbocycles. The smallest absolute Gasteiger partial charge is 0.289 e. The molecule has 1 aromatic carbocycles. The van der Waals surface area contributed by atoms with Crippen molar-refractivity contribution >= 4 is 5.91 Å². The Morgan fingerprint density at radius 1 is 1.03 bits per heavy atom.